The molecule has 2 aromatic rings. The zero-order valence-electron chi connectivity index (χ0n) is 34.2. The Hall–Kier alpha value is -5.67. The van der Waals surface area contributed by atoms with Gasteiger partial charge in [-0.1, -0.05) is 36.4 Å². The maximum absolute atomic E-state index is 15.5. The molecular weight excluding hydrogens is 839 g/mol. The van der Waals surface area contributed by atoms with Gasteiger partial charge < -0.3 is 51.9 Å². The van der Waals surface area contributed by atoms with Crippen LogP contribution in [0.15, 0.2) is 42.5 Å². The van der Waals surface area contributed by atoms with E-state index in [9.17, 15) is 38.4 Å². The second kappa shape index (κ2) is 21.2. The Bertz CT molecular complexity index is 1910. The van der Waals surface area contributed by atoms with Crippen molar-refractivity contribution in [2.75, 3.05) is 13.2 Å². The Morgan fingerprint density at radius 2 is 0.836 bits per heavy atom. The van der Waals surface area contributed by atoms with Gasteiger partial charge in [-0.15, -0.1) is 0 Å². The molecule has 2 heterocycles. The van der Waals surface area contributed by atoms with E-state index in [-0.39, 0.29) is 5.75 Å². The number of ether oxygens (including phenoxy) is 10. The van der Waals surface area contributed by atoms with Gasteiger partial charge in [0.05, 0.1) is 0 Å². The zero-order valence-corrected chi connectivity index (χ0v) is 35.1. The molecule has 0 N–H and O–H groups in total. The van der Waals surface area contributed by atoms with Gasteiger partial charge in [-0.3, -0.25) is 38.4 Å². The smallest absolute Gasteiger partial charge is 0.463 e. The van der Waals surface area contributed by atoms with Crippen molar-refractivity contribution in [1.29, 1.82) is 0 Å². The van der Waals surface area contributed by atoms with Crippen molar-refractivity contribution in [3.63, 3.8) is 0 Å². The summed E-state index contributed by atoms with van der Waals surface area (Å²) in [5.41, 5.74) is 0. The number of carbonyl (C=O) groups is 8. The van der Waals surface area contributed by atoms with Crippen LogP contribution in [0.1, 0.15) is 55.4 Å². The SMILES string of the molecule is CC(=O)OC[C@H]1O[C@H](OP(=O)(Oc2cccc3ccccc23)O[C@H]2O[C@H](COC(C)=O)[C@@H](OC(C)=O)[C@H](OC(C)=O)[C@@H]2OC(C)=O)[C@@H](OC(C)=O)[C@@H](OC(C)=O)[C@@H]1OC(C)=O. The molecule has 0 saturated carbocycles. The van der Waals surface area contributed by atoms with E-state index in [1.165, 1.54) is 12.1 Å². The Morgan fingerprint density at radius 1 is 0.475 bits per heavy atom. The fraction of sp³-hybridized carbons (Fsp3) is 0.526. The van der Waals surface area contributed by atoms with E-state index in [2.05, 4.69) is 0 Å². The lowest BCUT2D eigenvalue weighted by atomic mass is 9.98. The van der Waals surface area contributed by atoms with Crippen molar-refractivity contribution in [1.82, 2.24) is 0 Å². The van der Waals surface area contributed by atoms with Gasteiger partial charge in [0.15, 0.2) is 36.6 Å². The summed E-state index contributed by atoms with van der Waals surface area (Å²) in [6, 6.07) is 11.2. The molecule has 334 valence electrons. The normalized spacial score (nSPS) is 26.9. The van der Waals surface area contributed by atoms with Crippen LogP contribution in [0.3, 0.4) is 0 Å². The number of benzene rings is 2. The predicted molar refractivity (Wildman–Crippen MR) is 198 cm³/mol. The first-order valence-corrected chi connectivity index (χ1v) is 19.9. The predicted octanol–water partition coefficient (Wildman–Crippen LogP) is 2.53. The largest absolute Gasteiger partial charge is 0.535 e. The fourth-order valence-corrected chi connectivity index (χ4v) is 7.65. The number of phosphoric acid groups is 1. The molecule has 0 spiro atoms. The molecule has 2 fully saturated rings. The molecule has 4 rings (SSSR count). The first-order valence-electron chi connectivity index (χ1n) is 18.4. The van der Waals surface area contributed by atoms with Gasteiger partial charge in [0, 0.05) is 60.8 Å². The van der Waals surface area contributed by atoms with E-state index in [0.29, 0.717) is 10.8 Å². The maximum Gasteiger partial charge on any atom is 0.535 e. The molecule has 2 aromatic carbocycles. The molecule has 0 unspecified atom stereocenters. The Balaban J connectivity index is 1.93. The molecule has 0 aliphatic carbocycles. The van der Waals surface area contributed by atoms with Crippen LogP contribution in [0.5, 0.6) is 5.75 Å². The van der Waals surface area contributed by atoms with Crippen molar-refractivity contribution in [3.05, 3.63) is 42.5 Å². The fourth-order valence-electron chi connectivity index (χ4n) is 6.27. The first kappa shape index (κ1) is 48.0. The summed E-state index contributed by atoms with van der Waals surface area (Å²) >= 11 is 0. The van der Waals surface area contributed by atoms with Gasteiger partial charge in [-0.2, -0.15) is 0 Å². The average molecular weight is 885 g/mol. The van der Waals surface area contributed by atoms with Crippen LogP contribution >= 0.6 is 7.82 Å². The van der Waals surface area contributed by atoms with Gasteiger partial charge >= 0.3 is 55.6 Å². The first-order chi connectivity index (χ1) is 28.7. The lowest BCUT2D eigenvalue weighted by molar-refractivity contribution is -0.303. The second-order valence-electron chi connectivity index (χ2n) is 13.4. The van der Waals surface area contributed by atoms with Crippen LogP contribution in [0.2, 0.25) is 0 Å². The Morgan fingerprint density at radius 3 is 1.23 bits per heavy atom. The highest BCUT2D eigenvalue weighted by Crippen LogP contribution is 2.55. The summed E-state index contributed by atoms with van der Waals surface area (Å²) in [7, 11) is -5.53. The van der Waals surface area contributed by atoms with Crippen LogP contribution in [0, 0.1) is 0 Å². The summed E-state index contributed by atoms with van der Waals surface area (Å²) in [5.74, 6) is -7.75. The van der Waals surface area contributed by atoms with Crippen molar-refractivity contribution < 1.29 is 104 Å². The standard InChI is InChI=1S/C38H45O22P/c1-18(39)48-16-29-31(50-20(3)41)33(52-22(5)43)35(54-24(7)45)37(56-29)59-61(47,58-28-15-11-13-26-12-9-10-14-27(26)28)60-38-36(55-25(8)46)34(53-23(6)44)32(51-21(4)42)30(57-38)17-49-19(2)40/h9-15,29-38H,16-17H2,1-8H3/t29-,30-,31-,32-,33+,34+,35+,36+,37-,38-/m1/s1. The summed E-state index contributed by atoms with van der Waals surface area (Å²) in [6.07, 6.45) is -18.4. The molecular formula is C38H45O22P. The highest BCUT2D eigenvalue weighted by atomic mass is 31.2. The van der Waals surface area contributed by atoms with Crippen LogP contribution in [0.25, 0.3) is 10.8 Å². The minimum Gasteiger partial charge on any atom is -0.463 e. The van der Waals surface area contributed by atoms with Crippen molar-refractivity contribution in [2.24, 2.45) is 0 Å². The summed E-state index contributed by atoms with van der Waals surface area (Å²) in [6.45, 7) is 6.57. The molecule has 2 aliphatic heterocycles. The number of carbonyl (C=O) groups excluding carboxylic acids is 8. The second-order valence-corrected chi connectivity index (χ2v) is 14.9. The molecule has 10 atom stereocenters. The van der Waals surface area contributed by atoms with E-state index in [4.69, 9.17) is 60.9 Å². The summed E-state index contributed by atoms with van der Waals surface area (Å²) in [4.78, 5) is 98.6. The minimum atomic E-state index is -5.53. The lowest BCUT2D eigenvalue weighted by Gasteiger charge is -2.45. The number of phosphoric ester groups is 1. The third-order valence-electron chi connectivity index (χ3n) is 8.32. The third kappa shape index (κ3) is 13.7. The Kier molecular flexibility index (Phi) is 16.7. The van der Waals surface area contributed by atoms with Crippen molar-refractivity contribution in [2.45, 2.75) is 117 Å². The van der Waals surface area contributed by atoms with Crippen molar-refractivity contribution >= 4 is 66.3 Å². The average Bonchev–Trinajstić information content (AvgIpc) is 3.14. The summed E-state index contributed by atoms with van der Waals surface area (Å²) < 4.78 is 88.4. The van der Waals surface area contributed by atoms with Crippen LogP contribution in [-0.2, 0) is 99.3 Å². The van der Waals surface area contributed by atoms with Crippen LogP contribution < -0.4 is 4.52 Å². The van der Waals surface area contributed by atoms with Gasteiger partial charge in [0.25, 0.3) is 0 Å². The van der Waals surface area contributed by atoms with Gasteiger partial charge in [-0.25, -0.2) is 13.6 Å². The van der Waals surface area contributed by atoms with Crippen LogP contribution in [-0.4, -0.2) is 122 Å². The molecule has 23 heteroatoms. The maximum atomic E-state index is 15.5. The molecule has 0 bridgehead atoms. The number of fused-ring (bicyclic) bond motifs is 1. The molecule has 0 aromatic heterocycles. The van der Waals surface area contributed by atoms with Gasteiger partial charge in [0.2, 0.25) is 12.6 Å². The van der Waals surface area contributed by atoms with E-state index in [0.717, 1.165) is 55.4 Å². The highest BCUT2D eigenvalue weighted by Gasteiger charge is 2.58. The number of esters is 8. The van der Waals surface area contributed by atoms with Crippen molar-refractivity contribution in [3.8, 4) is 5.75 Å². The van der Waals surface area contributed by atoms with E-state index in [1.54, 1.807) is 30.3 Å². The minimum absolute atomic E-state index is 0.169. The third-order valence-corrected chi connectivity index (χ3v) is 9.67. The van der Waals surface area contributed by atoms with E-state index in [1.807, 2.05) is 0 Å². The highest BCUT2D eigenvalue weighted by molar-refractivity contribution is 7.49. The number of rotatable bonds is 16. The van der Waals surface area contributed by atoms with Crippen LogP contribution in [0.4, 0.5) is 0 Å². The number of hydrogen-bond acceptors (Lipinski definition) is 22. The monoisotopic (exact) mass is 884 g/mol. The van der Waals surface area contributed by atoms with Gasteiger partial charge in [-0.05, 0) is 11.5 Å². The molecule has 61 heavy (non-hydrogen) atoms. The molecule has 0 radical (unpaired) electrons. The summed E-state index contributed by atoms with van der Waals surface area (Å²) in [5, 5.41) is 0.895. The lowest BCUT2D eigenvalue weighted by Crippen LogP contribution is -2.63. The number of hydrogen-bond donors (Lipinski definition) is 0. The zero-order chi connectivity index (χ0) is 45.2. The quantitative estimate of drug-likeness (QED) is 0.133. The topological polar surface area (TPSA) is 274 Å². The Labute approximate surface area is 348 Å². The molecule has 22 nitrogen and oxygen atoms in total. The molecule has 2 aliphatic rings. The van der Waals surface area contributed by atoms with E-state index >= 15 is 4.57 Å². The van der Waals surface area contributed by atoms with E-state index < -0.39 is 130 Å². The molecule has 2 saturated heterocycles. The molecule has 0 amide bonds. The van der Waals surface area contributed by atoms with Gasteiger partial charge in [0.1, 0.15) is 31.2 Å².